The maximum atomic E-state index is 5.87. The Labute approximate surface area is 149 Å². The molecule has 0 amide bonds. The predicted molar refractivity (Wildman–Crippen MR) is 106 cm³/mol. The minimum atomic E-state index is 0. The zero-order valence-corrected chi connectivity index (χ0v) is 16.0. The molecule has 4 nitrogen and oxygen atoms in total. The summed E-state index contributed by atoms with van der Waals surface area (Å²) in [4.78, 5) is 7.87. The standard InChI is InChI=1S/C17H24N4.HI/c1-10(2)8-19-17(18)20-9-14-6-11(3)7-15-12(4)13(5)21-16(14)15;/h6-7,21H,1,8-9H2,2-5H3,(H3,18,19,20);1H. The van der Waals surface area contributed by atoms with Crippen molar-refractivity contribution in [1.82, 2.24) is 10.3 Å². The Morgan fingerprint density at radius 2 is 2.00 bits per heavy atom. The quantitative estimate of drug-likeness (QED) is 0.310. The van der Waals surface area contributed by atoms with Gasteiger partial charge in [-0.05, 0) is 44.9 Å². The van der Waals surface area contributed by atoms with Crippen LogP contribution in [0, 0.1) is 20.8 Å². The summed E-state index contributed by atoms with van der Waals surface area (Å²) in [5.41, 5.74) is 13.0. The molecule has 0 saturated heterocycles. The summed E-state index contributed by atoms with van der Waals surface area (Å²) >= 11 is 0. The fourth-order valence-electron chi connectivity index (χ4n) is 2.38. The maximum Gasteiger partial charge on any atom is 0.189 e. The van der Waals surface area contributed by atoms with Crippen molar-refractivity contribution in [1.29, 1.82) is 0 Å². The molecule has 1 heterocycles. The van der Waals surface area contributed by atoms with Gasteiger partial charge in [0.05, 0.1) is 12.1 Å². The molecule has 1 aromatic carbocycles. The van der Waals surface area contributed by atoms with Crippen molar-refractivity contribution in [3.63, 3.8) is 0 Å². The van der Waals surface area contributed by atoms with E-state index in [2.05, 4.69) is 54.8 Å². The van der Waals surface area contributed by atoms with Crippen molar-refractivity contribution in [3.05, 3.63) is 46.7 Å². The zero-order chi connectivity index (χ0) is 15.6. The molecule has 4 N–H and O–H groups in total. The molecule has 1 aromatic heterocycles. The molecule has 0 fully saturated rings. The van der Waals surface area contributed by atoms with E-state index in [1.165, 1.54) is 27.8 Å². The van der Waals surface area contributed by atoms with Crippen molar-refractivity contribution in [2.45, 2.75) is 34.2 Å². The summed E-state index contributed by atoms with van der Waals surface area (Å²) in [5.74, 6) is 0.452. The molecular weight excluding hydrogens is 387 g/mol. The molecule has 0 radical (unpaired) electrons. The Morgan fingerprint density at radius 1 is 1.32 bits per heavy atom. The van der Waals surface area contributed by atoms with Gasteiger partial charge < -0.3 is 16.0 Å². The number of hydrogen-bond acceptors (Lipinski definition) is 1. The van der Waals surface area contributed by atoms with Gasteiger partial charge in [-0.25, -0.2) is 4.99 Å². The van der Waals surface area contributed by atoms with E-state index in [1.807, 2.05) is 6.92 Å². The van der Waals surface area contributed by atoms with E-state index in [1.54, 1.807) is 0 Å². The lowest BCUT2D eigenvalue weighted by atomic mass is 10.0. The number of rotatable bonds is 4. The molecule has 2 aromatic rings. The van der Waals surface area contributed by atoms with Crippen LogP contribution < -0.4 is 11.1 Å². The van der Waals surface area contributed by atoms with Crippen LogP contribution in [0.1, 0.15) is 29.3 Å². The van der Waals surface area contributed by atoms with Crippen LogP contribution in [0.4, 0.5) is 0 Å². The number of H-pyrrole nitrogens is 1. The van der Waals surface area contributed by atoms with Crippen LogP contribution in [-0.2, 0) is 6.54 Å². The monoisotopic (exact) mass is 412 g/mol. The Kier molecular flexibility index (Phi) is 6.47. The van der Waals surface area contributed by atoms with Gasteiger partial charge in [0.2, 0.25) is 0 Å². The Hall–Kier alpha value is -1.50. The molecular formula is C17H25IN4. The molecule has 0 unspecified atom stereocenters. The van der Waals surface area contributed by atoms with Crippen LogP contribution in [-0.4, -0.2) is 17.5 Å². The highest BCUT2D eigenvalue weighted by Crippen LogP contribution is 2.26. The predicted octanol–water partition coefficient (Wildman–Crippen LogP) is 3.69. The van der Waals surface area contributed by atoms with Gasteiger partial charge in [0.1, 0.15) is 0 Å². The summed E-state index contributed by atoms with van der Waals surface area (Å²) in [5, 5.41) is 4.32. The molecule has 0 aliphatic heterocycles. The minimum absolute atomic E-state index is 0. The summed E-state index contributed by atoms with van der Waals surface area (Å²) in [7, 11) is 0. The Balaban J connectivity index is 0.00000242. The van der Waals surface area contributed by atoms with Gasteiger partial charge in [0.15, 0.2) is 5.96 Å². The van der Waals surface area contributed by atoms with Crippen LogP contribution in [0.25, 0.3) is 10.9 Å². The number of nitrogens with one attached hydrogen (secondary N) is 2. The number of aromatic amines is 1. The fraction of sp³-hybridized carbons (Fsp3) is 0.353. The van der Waals surface area contributed by atoms with E-state index >= 15 is 0 Å². The number of fused-ring (bicyclic) bond motifs is 1. The summed E-state index contributed by atoms with van der Waals surface area (Å²) in [6, 6.07) is 4.37. The first-order chi connectivity index (χ1) is 9.88. The molecule has 120 valence electrons. The lowest BCUT2D eigenvalue weighted by Crippen LogP contribution is -2.32. The number of aryl methyl sites for hydroxylation is 3. The minimum Gasteiger partial charge on any atom is -0.370 e. The van der Waals surface area contributed by atoms with Crippen molar-refractivity contribution in [3.8, 4) is 0 Å². The number of aromatic nitrogens is 1. The largest absolute Gasteiger partial charge is 0.370 e. The van der Waals surface area contributed by atoms with Gasteiger partial charge in [-0.1, -0.05) is 23.8 Å². The summed E-state index contributed by atoms with van der Waals surface area (Å²) in [6.45, 7) is 13.3. The van der Waals surface area contributed by atoms with E-state index in [9.17, 15) is 0 Å². The highest BCUT2D eigenvalue weighted by Gasteiger charge is 2.09. The SMILES string of the molecule is C=C(C)CNC(N)=NCc1cc(C)cc2c(C)c(C)[nH]c12.I. The molecule has 22 heavy (non-hydrogen) atoms. The average molecular weight is 412 g/mol. The van der Waals surface area contributed by atoms with Gasteiger partial charge in [-0.15, -0.1) is 24.0 Å². The molecule has 0 aliphatic rings. The first kappa shape index (κ1) is 18.5. The van der Waals surface area contributed by atoms with Gasteiger partial charge in [0.25, 0.3) is 0 Å². The second-order valence-corrected chi connectivity index (χ2v) is 5.73. The van der Waals surface area contributed by atoms with E-state index in [4.69, 9.17) is 5.73 Å². The third kappa shape index (κ3) is 4.25. The molecule has 0 bridgehead atoms. The van der Waals surface area contributed by atoms with E-state index < -0.39 is 0 Å². The third-order valence-electron chi connectivity index (χ3n) is 3.63. The fourth-order valence-corrected chi connectivity index (χ4v) is 2.38. The van der Waals surface area contributed by atoms with E-state index in [0.717, 1.165) is 11.1 Å². The van der Waals surface area contributed by atoms with E-state index in [0.29, 0.717) is 19.0 Å². The Morgan fingerprint density at radius 3 is 2.64 bits per heavy atom. The molecule has 0 saturated carbocycles. The highest BCUT2D eigenvalue weighted by atomic mass is 127. The second-order valence-electron chi connectivity index (χ2n) is 5.73. The number of nitrogens with zero attached hydrogens (tertiary/aromatic N) is 1. The second kappa shape index (κ2) is 7.67. The van der Waals surface area contributed by atoms with Crippen LogP contribution in [0.2, 0.25) is 0 Å². The van der Waals surface area contributed by atoms with Gasteiger partial charge in [-0.3, -0.25) is 0 Å². The number of nitrogens with two attached hydrogens (primary N) is 1. The lowest BCUT2D eigenvalue weighted by molar-refractivity contribution is 0.941. The van der Waals surface area contributed by atoms with Crippen molar-refractivity contribution >= 4 is 40.8 Å². The first-order valence-corrected chi connectivity index (χ1v) is 7.15. The van der Waals surface area contributed by atoms with E-state index in [-0.39, 0.29) is 24.0 Å². The molecule has 0 atom stereocenters. The van der Waals surface area contributed by atoms with Gasteiger partial charge >= 0.3 is 0 Å². The number of guanidine groups is 1. The van der Waals surface area contributed by atoms with Gasteiger partial charge in [-0.2, -0.15) is 0 Å². The zero-order valence-electron chi connectivity index (χ0n) is 13.7. The lowest BCUT2D eigenvalue weighted by Gasteiger charge is -2.06. The number of aliphatic imine (C=N–C) groups is 1. The van der Waals surface area contributed by atoms with Crippen molar-refractivity contribution in [2.24, 2.45) is 10.7 Å². The highest BCUT2D eigenvalue weighted by molar-refractivity contribution is 14.0. The third-order valence-corrected chi connectivity index (χ3v) is 3.63. The van der Waals surface area contributed by atoms with Crippen LogP contribution >= 0.6 is 24.0 Å². The van der Waals surface area contributed by atoms with Gasteiger partial charge in [0, 0.05) is 17.6 Å². The first-order valence-electron chi connectivity index (χ1n) is 7.15. The molecule has 2 rings (SSSR count). The van der Waals surface area contributed by atoms with Crippen molar-refractivity contribution < 1.29 is 0 Å². The number of hydrogen-bond donors (Lipinski definition) is 3. The number of halogens is 1. The molecule has 0 spiro atoms. The smallest absolute Gasteiger partial charge is 0.189 e. The average Bonchev–Trinajstić information content (AvgIpc) is 2.70. The van der Waals surface area contributed by atoms with Crippen molar-refractivity contribution in [2.75, 3.05) is 6.54 Å². The topological polar surface area (TPSA) is 66.2 Å². The molecule has 0 aliphatic carbocycles. The van der Waals surface area contributed by atoms with Crippen LogP contribution in [0.5, 0.6) is 0 Å². The van der Waals surface area contributed by atoms with Crippen LogP contribution in [0.15, 0.2) is 29.3 Å². The maximum absolute atomic E-state index is 5.87. The normalized spacial score (nSPS) is 11.4. The summed E-state index contributed by atoms with van der Waals surface area (Å²) in [6.07, 6.45) is 0. The molecule has 5 heteroatoms. The Bertz CT molecular complexity index is 713. The summed E-state index contributed by atoms with van der Waals surface area (Å²) < 4.78 is 0. The number of benzene rings is 1. The van der Waals surface area contributed by atoms with Crippen LogP contribution in [0.3, 0.4) is 0 Å².